The summed E-state index contributed by atoms with van der Waals surface area (Å²) in [4.78, 5) is 0. The Labute approximate surface area is 108 Å². The van der Waals surface area contributed by atoms with Crippen LogP contribution in [0.1, 0.15) is 25.7 Å². The lowest BCUT2D eigenvalue weighted by molar-refractivity contribution is -0.331. The molecule has 1 nitrogen and oxygen atoms in total. The van der Waals surface area contributed by atoms with Crippen LogP contribution < -0.4 is 0 Å². The third-order valence-corrected chi connectivity index (χ3v) is 3.95. The summed E-state index contributed by atoms with van der Waals surface area (Å²) in [7, 11) is 0. The highest BCUT2D eigenvalue weighted by atomic mass is 127. The summed E-state index contributed by atoms with van der Waals surface area (Å²) in [5.41, 5.74) is 0. The maximum absolute atomic E-state index is 12.3. The number of halogens is 7. The van der Waals surface area contributed by atoms with Gasteiger partial charge >= 0.3 is 12.4 Å². The second-order valence-electron chi connectivity index (χ2n) is 3.94. The molecule has 102 valence electrons. The molecule has 0 bridgehead atoms. The fourth-order valence-electron chi connectivity index (χ4n) is 1.72. The summed E-state index contributed by atoms with van der Waals surface area (Å²) >= 11 is 1.85. The number of rotatable bonds is 2. The Balaban J connectivity index is 2.73. The minimum absolute atomic E-state index is 0.246. The molecule has 0 aromatic rings. The predicted molar refractivity (Wildman–Crippen MR) is 57.0 cm³/mol. The van der Waals surface area contributed by atoms with E-state index in [2.05, 4.69) is 4.74 Å². The van der Waals surface area contributed by atoms with E-state index in [1.807, 2.05) is 22.6 Å². The van der Waals surface area contributed by atoms with Gasteiger partial charge in [-0.25, -0.2) is 0 Å². The Hall–Kier alpha value is 0.270. The molecule has 1 saturated carbocycles. The van der Waals surface area contributed by atoms with Gasteiger partial charge in [0, 0.05) is 3.92 Å². The van der Waals surface area contributed by atoms with Crippen LogP contribution in [0.2, 0.25) is 0 Å². The van der Waals surface area contributed by atoms with Crippen molar-refractivity contribution in [2.45, 2.75) is 54.2 Å². The van der Waals surface area contributed by atoms with Crippen molar-refractivity contribution in [2.24, 2.45) is 0 Å². The highest BCUT2D eigenvalue weighted by Gasteiger charge is 2.59. The normalized spacial score (nSPS) is 27.5. The van der Waals surface area contributed by atoms with Gasteiger partial charge in [-0.1, -0.05) is 35.4 Å². The Bertz CT molecular complexity index is 237. The van der Waals surface area contributed by atoms with E-state index in [-0.39, 0.29) is 10.3 Å². The molecule has 1 fully saturated rings. The van der Waals surface area contributed by atoms with Crippen LogP contribution in [-0.2, 0) is 4.74 Å². The molecular weight excluding hydrogens is 365 g/mol. The molecule has 17 heavy (non-hydrogen) atoms. The fraction of sp³-hybridized carbons (Fsp3) is 1.00. The standard InChI is InChI=1S/C9H11F6IO/c10-8(11,12)7(9(13,14)15)17-6-4-2-1-3-5(6)16/h5-7H,1-4H2. The molecule has 2 atom stereocenters. The molecule has 0 aromatic carbocycles. The Morgan fingerprint density at radius 1 is 0.941 bits per heavy atom. The van der Waals surface area contributed by atoms with Crippen LogP contribution in [0.3, 0.4) is 0 Å². The molecule has 1 aliphatic carbocycles. The van der Waals surface area contributed by atoms with E-state index in [0.717, 1.165) is 6.42 Å². The molecule has 0 amide bonds. The van der Waals surface area contributed by atoms with Gasteiger partial charge in [0.15, 0.2) is 0 Å². The third-order valence-electron chi connectivity index (χ3n) is 2.53. The van der Waals surface area contributed by atoms with Gasteiger partial charge in [0.2, 0.25) is 6.10 Å². The minimum atomic E-state index is -5.41. The Morgan fingerprint density at radius 2 is 1.41 bits per heavy atom. The fourth-order valence-corrected chi connectivity index (χ4v) is 2.69. The summed E-state index contributed by atoms with van der Waals surface area (Å²) < 4.78 is 77.5. The Kier molecular flexibility index (Phi) is 4.96. The predicted octanol–water partition coefficient (Wildman–Crippen LogP) is 4.24. The van der Waals surface area contributed by atoms with Gasteiger partial charge in [-0.2, -0.15) is 26.3 Å². The smallest absolute Gasteiger partial charge is 0.356 e. The van der Waals surface area contributed by atoms with Crippen LogP contribution >= 0.6 is 22.6 Å². The first-order valence-corrected chi connectivity index (χ1v) is 6.30. The van der Waals surface area contributed by atoms with Gasteiger partial charge in [-0.3, -0.25) is 0 Å². The third kappa shape index (κ3) is 4.46. The second kappa shape index (κ2) is 5.50. The number of hydrogen-bond acceptors (Lipinski definition) is 1. The van der Waals surface area contributed by atoms with Crippen LogP contribution in [0, 0.1) is 0 Å². The maximum atomic E-state index is 12.3. The largest absolute Gasteiger partial charge is 0.423 e. The molecule has 0 aromatic heterocycles. The van der Waals surface area contributed by atoms with Gasteiger partial charge in [-0.15, -0.1) is 0 Å². The van der Waals surface area contributed by atoms with Crippen LogP contribution in [0.4, 0.5) is 26.3 Å². The van der Waals surface area contributed by atoms with Crippen LogP contribution in [0.25, 0.3) is 0 Å². The second-order valence-corrected chi connectivity index (χ2v) is 5.54. The summed E-state index contributed by atoms with van der Waals surface area (Å²) in [6, 6.07) is 0. The molecule has 0 heterocycles. The summed E-state index contributed by atoms with van der Waals surface area (Å²) in [6.45, 7) is 0. The van der Waals surface area contributed by atoms with Crippen molar-refractivity contribution in [1.29, 1.82) is 0 Å². The van der Waals surface area contributed by atoms with Gasteiger partial charge in [0.05, 0.1) is 6.10 Å². The van der Waals surface area contributed by atoms with Crippen LogP contribution in [-0.4, -0.2) is 28.5 Å². The molecule has 0 aliphatic heterocycles. The van der Waals surface area contributed by atoms with Gasteiger partial charge in [0.25, 0.3) is 0 Å². The monoisotopic (exact) mass is 376 g/mol. The Morgan fingerprint density at radius 3 is 1.82 bits per heavy atom. The summed E-state index contributed by atoms with van der Waals surface area (Å²) in [5.74, 6) is 0. The molecule has 0 radical (unpaired) electrons. The lowest BCUT2D eigenvalue weighted by Crippen LogP contribution is -2.48. The minimum Gasteiger partial charge on any atom is -0.356 e. The SMILES string of the molecule is FC(F)(F)C(OC1CCCCC1I)C(F)(F)F. The molecule has 8 heteroatoms. The first-order chi connectivity index (χ1) is 7.62. The van der Waals surface area contributed by atoms with E-state index < -0.39 is 24.6 Å². The first-order valence-electron chi connectivity index (χ1n) is 5.05. The van der Waals surface area contributed by atoms with Crippen molar-refractivity contribution in [3.8, 4) is 0 Å². The average molecular weight is 376 g/mol. The first kappa shape index (κ1) is 15.3. The summed E-state index contributed by atoms with van der Waals surface area (Å²) in [6.07, 6.45) is -13.2. The lowest BCUT2D eigenvalue weighted by Gasteiger charge is -2.32. The van der Waals surface area contributed by atoms with Crippen LogP contribution in [0.5, 0.6) is 0 Å². The number of ether oxygens (including phenoxy) is 1. The van der Waals surface area contributed by atoms with E-state index in [1.54, 1.807) is 0 Å². The molecule has 0 saturated heterocycles. The van der Waals surface area contributed by atoms with E-state index in [1.165, 1.54) is 0 Å². The zero-order valence-electron chi connectivity index (χ0n) is 8.61. The molecule has 1 aliphatic rings. The molecule has 0 spiro atoms. The molecular formula is C9H11F6IO. The van der Waals surface area contributed by atoms with Gasteiger partial charge in [0.1, 0.15) is 0 Å². The lowest BCUT2D eigenvalue weighted by atomic mass is 9.97. The number of alkyl halides is 7. The van der Waals surface area contributed by atoms with Crippen molar-refractivity contribution in [1.82, 2.24) is 0 Å². The summed E-state index contributed by atoms with van der Waals surface area (Å²) in [5, 5.41) is 0. The highest BCUT2D eigenvalue weighted by Crippen LogP contribution is 2.39. The zero-order chi connectivity index (χ0) is 13.3. The van der Waals surface area contributed by atoms with E-state index in [9.17, 15) is 26.3 Å². The zero-order valence-corrected chi connectivity index (χ0v) is 10.8. The van der Waals surface area contributed by atoms with E-state index in [4.69, 9.17) is 0 Å². The van der Waals surface area contributed by atoms with Gasteiger partial charge in [-0.05, 0) is 12.8 Å². The molecule has 1 rings (SSSR count). The van der Waals surface area contributed by atoms with Crippen molar-refractivity contribution in [3.05, 3.63) is 0 Å². The van der Waals surface area contributed by atoms with Crippen molar-refractivity contribution >= 4 is 22.6 Å². The molecule has 0 N–H and O–H groups in total. The van der Waals surface area contributed by atoms with Crippen molar-refractivity contribution in [2.75, 3.05) is 0 Å². The van der Waals surface area contributed by atoms with Gasteiger partial charge < -0.3 is 4.74 Å². The maximum Gasteiger partial charge on any atom is 0.423 e. The van der Waals surface area contributed by atoms with Crippen molar-refractivity contribution in [3.63, 3.8) is 0 Å². The highest BCUT2D eigenvalue weighted by molar-refractivity contribution is 14.1. The van der Waals surface area contributed by atoms with E-state index in [0.29, 0.717) is 12.8 Å². The number of hydrogen-bond donors (Lipinski definition) is 0. The average Bonchev–Trinajstić information content (AvgIpc) is 2.12. The topological polar surface area (TPSA) is 9.23 Å². The quantitative estimate of drug-likeness (QED) is 0.398. The van der Waals surface area contributed by atoms with Crippen LogP contribution in [0.15, 0.2) is 0 Å². The van der Waals surface area contributed by atoms with Crippen molar-refractivity contribution < 1.29 is 31.1 Å². The van der Waals surface area contributed by atoms with E-state index >= 15 is 0 Å². The molecule has 2 unspecified atom stereocenters.